The molecule has 1 N–H and O–H groups in total. The molecule has 0 aliphatic heterocycles. The Morgan fingerprint density at radius 2 is 1.44 bits per heavy atom. The van der Waals surface area contributed by atoms with Crippen LogP contribution in [0.2, 0.25) is 5.02 Å². The van der Waals surface area contributed by atoms with Gasteiger partial charge in [-0.15, -0.1) is 0 Å². The highest BCUT2D eigenvalue weighted by atomic mass is 35.5. The van der Waals surface area contributed by atoms with Crippen molar-refractivity contribution >= 4 is 46.5 Å². The molecule has 0 aliphatic rings. The predicted octanol–water partition coefficient (Wildman–Crippen LogP) is 6.67. The first-order valence-corrected chi connectivity index (χ1v) is 10.1. The van der Waals surface area contributed by atoms with Crippen LogP contribution in [0.15, 0.2) is 42.5 Å². The maximum Gasteiger partial charge on any atom is 0.424 e. The number of carbonyl (C=O) groups excluding carboxylic acids is 2. The molecular weight excluding hydrogens is 438 g/mol. The Labute approximate surface area is 191 Å². The average molecular weight is 464 g/mol. The van der Waals surface area contributed by atoms with Crippen molar-refractivity contribution in [2.75, 3.05) is 10.2 Å². The van der Waals surface area contributed by atoms with Crippen LogP contribution in [0.5, 0.6) is 0 Å². The summed E-state index contributed by atoms with van der Waals surface area (Å²) in [6.07, 6.45) is -2.15. The average Bonchev–Trinajstić information content (AvgIpc) is 2.61. The van der Waals surface area contributed by atoms with Crippen molar-refractivity contribution in [3.05, 3.63) is 57.6 Å². The third-order valence-electron chi connectivity index (χ3n) is 3.72. The van der Waals surface area contributed by atoms with Crippen molar-refractivity contribution in [1.29, 1.82) is 0 Å². The summed E-state index contributed by atoms with van der Waals surface area (Å²) in [7, 11) is 0. The molecule has 0 aliphatic carbocycles. The fraction of sp³-hybridized carbons (Fsp3) is 0.364. The Balaban J connectivity index is 2.59. The topological polar surface area (TPSA) is 111 Å². The van der Waals surface area contributed by atoms with Gasteiger partial charge in [-0.1, -0.05) is 29.8 Å². The van der Waals surface area contributed by atoms with E-state index in [-0.39, 0.29) is 11.4 Å². The lowest BCUT2D eigenvalue weighted by atomic mass is 10.2. The fourth-order valence-corrected chi connectivity index (χ4v) is 2.89. The van der Waals surface area contributed by atoms with Gasteiger partial charge >= 0.3 is 17.9 Å². The van der Waals surface area contributed by atoms with Gasteiger partial charge in [0.15, 0.2) is 0 Å². The minimum Gasteiger partial charge on any atom is -0.443 e. The minimum absolute atomic E-state index is 0.0864. The second-order valence-electron chi connectivity index (χ2n) is 8.84. The first kappa shape index (κ1) is 24.9. The zero-order chi connectivity index (χ0) is 24.3. The van der Waals surface area contributed by atoms with Crippen LogP contribution >= 0.6 is 11.6 Å². The van der Waals surface area contributed by atoms with Gasteiger partial charge in [-0.05, 0) is 65.8 Å². The van der Waals surface area contributed by atoms with Gasteiger partial charge in [0.25, 0.3) is 0 Å². The highest BCUT2D eigenvalue weighted by Gasteiger charge is 2.36. The van der Waals surface area contributed by atoms with E-state index >= 15 is 0 Å². The van der Waals surface area contributed by atoms with Gasteiger partial charge in [0.05, 0.1) is 10.6 Å². The van der Waals surface area contributed by atoms with Crippen LogP contribution in [-0.4, -0.2) is 28.3 Å². The number of amides is 2. The lowest BCUT2D eigenvalue weighted by molar-refractivity contribution is -0.383. The van der Waals surface area contributed by atoms with Crippen LogP contribution < -0.4 is 10.2 Å². The third kappa shape index (κ3) is 6.58. The van der Waals surface area contributed by atoms with Gasteiger partial charge in [-0.2, -0.15) is 4.90 Å². The number of nitro benzene ring substituents is 1. The zero-order valence-corrected chi connectivity index (χ0v) is 19.5. The Hall–Kier alpha value is -3.33. The Morgan fingerprint density at radius 1 is 0.938 bits per heavy atom. The molecule has 0 atom stereocenters. The molecule has 10 heteroatoms. The quantitative estimate of drug-likeness (QED) is 0.398. The first-order valence-electron chi connectivity index (χ1n) is 9.74. The van der Waals surface area contributed by atoms with E-state index in [1.54, 1.807) is 71.9 Å². The SMILES string of the molecule is CC(C)(C)OC(=O)N(C(=O)OC(C)(C)C)c1ccc(Nc2ccccc2)c([N+](=O)[O-])c1Cl. The van der Waals surface area contributed by atoms with Crippen LogP contribution in [0.3, 0.4) is 0 Å². The Bertz CT molecular complexity index is 985. The zero-order valence-electron chi connectivity index (χ0n) is 18.8. The normalized spacial score (nSPS) is 11.5. The number of ether oxygens (including phenoxy) is 2. The van der Waals surface area contributed by atoms with E-state index in [2.05, 4.69) is 5.32 Å². The summed E-state index contributed by atoms with van der Waals surface area (Å²) in [5.74, 6) is 0. The minimum atomic E-state index is -1.08. The van der Waals surface area contributed by atoms with Crippen LogP contribution in [0.4, 0.5) is 32.3 Å². The number of hydrogen-bond acceptors (Lipinski definition) is 7. The second-order valence-corrected chi connectivity index (χ2v) is 9.22. The summed E-state index contributed by atoms with van der Waals surface area (Å²) < 4.78 is 10.6. The monoisotopic (exact) mass is 463 g/mol. The Kier molecular flexibility index (Phi) is 7.35. The fourth-order valence-electron chi connectivity index (χ4n) is 2.57. The van der Waals surface area contributed by atoms with Crippen molar-refractivity contribution in [1.82, 2.24) is 0 Å². The van der Waals surface area contributed by atoms with Gasteiger partial charge in [0.2, 0.25) is 0 Å². The molecule has 0 saturated carbocycles. The van der Waals surface area contributed by atoms with E-state index in [1.807, 2.05) is 0 Å². The number of anilines is 3. The van der Waals surface area contributed by atoms with Crippen LogP contribution in [-0.2, 0) is 9.47 Å². The molecule has 0 aromatic heterocycles. The molecule has 2 amide bonds. The molecule has 172 valence electrons. The summed E-state index contributed by atoms with van der Waals surface area (Å²) >= 11 is 6.36. The summed E-state index contributed by atoms with van der Waals surface area (Å²) in [5.41, 5.74) is -1.95. The molecular formula is C22H26ClN3O6. The van der Waals surface area contributed by atoms with Crippen molar-refractivity contribution < 1.29 is 24.0 Å². The number of nitrogens with zero attached hydrogens (tertiary/aromatic N) is 2. The maximum absolute atomic E-state index is 12.9. The lowest BCUT2D eigenvalue weighted by Crippen LogP contribution is -2.44. The number of nitrogens with one attached hydrogen (secondary N) is 1. The van der Waals surface area contributed by atoms with Gasteiger partial charge in [-0.3, -0.25) is 10.1 Å². The summed E-state index contributed by atoms with van der Waals surface area (Å²) in [4.78, 5) is 37.4. The van der Waals surface area contributed by atoms with Crippen molar-refractivity contribution in [3.8, 4) is 0 Å². The predicted molar refractivity (Wildman–Crippen MR) is 123 cm³/mol. The molecule has 2 aromatic rings. The molecule has 0 radical (unpaired) electrons. The Morgan fingerprint density at radius 3 is 1.88 bits per heavy atom. The third-order valence-corrected chi connectivity index (χ3v) is 4.10. The summed E-state index contributed by atoms with van der Waals surface area (Å²) in [6, 6.07) is 11.4. The van der Waals surface area contributed by atoms with Gasteiger partial charge in [0.1, 0.15) is 21.9 Å². The van der Waals surface area contributed by atoms with Crippen LogP contribution in [0.1, 0.15) is 41.5 Å². The number of imide groups is 1. The van der Waals surface area contributed by atoms with Crippen molar-refractivity contribution in [3.63, 3.8) is 0 Å². The smallest absolute Gasteiger partial charge is 0.424 e. The molecule has 32 heavy (non-hydrogen) atoms. The molecule has 0 saturated heterocycles. The van der Waals surface area contributed by atoms with E-state index in [4.69, 9.17) is 21.1 Å². The number of halogens is 1. The molecule has 2 aromatic carbocycles. The number of rotatable bonds is 4. The number of nitro groups is 1. The number of hydrogen-bond donors (Lipinski definition) is 1. The highest BCUT2D eigenvalue weighted by molar-refractivity contribution is 6.37. The number of para-hydroxylation sites is 1. The van der Waals surface area contributed by atoms with Crippen molar-refractivity contribution in [2.45, 2.75) is 52.7 Å². The molecule has 0 spiro atoms. The first-order chi connectivity index (χ1) is 14.7. The maximum atomic E-state index is 12.9. The number of carbonyl (C=O) groups is 2. The van der Waals surface area contributed by atoms with E-state index in [9.17, 15) is 19.7 Å². The van der Waals surface area contributed by atoms with Gasteiger partial charge in [-0.25, -0.2) is 9.59 Å². The van der Waals surface area contributed by atoms with Crippen LogP contribution in [0.25, 0.3) is 0 Å². The standard InChI is InChI=1S/C22H26ClN3O6/c1-21(2,3)31-19(27)25(20(28)32-22(4,5)6)16-13-12-15(18(17(16)23)26(29)30)24-14-10-8-7-9-11-14/h7-13,24H,1-6H3. The molecule has 0 bridgehead atoms. The van der Waals surface area contributed by atoms with E-state index < -0.39 is 39.0 Å². The second kappa shape index (κ2) is 9.44. The van der Waals surface area contributed by atoms with Gasteiger partial charge in [0, 0.05) is 5.69 Å². The molecule has 0 heterocycles. The molecule has 9 nitrogen and oxygen atoms in total. The summed E-state index contributed by atoms with van der Waals surface area (Å²) in [6.45, 7) is 9.72. The lowest BCUT2D eigenvalue weighted by Gasteiger charge is -2.29. The highest BCUT2D eigenvalue weighted by Crippen LogP contribution is 2.42. The summed E-state index contributed by atoms with van der Waals surface area (Å²) in [5, 5.41) is 14.3. The van der Waals surface area contributed by atoms with E-state index in [0.717, 1.165) is 0 Å². The molecule has 0 fully saturated rings. The van der Waals surface area contributed by atoms with E-state index in [1.165, 1.54) is 12.1 Å². The number of benzene rings is 2. The van der Waals surface area contributed by atoms with Crippen LogP contribution in [0, 0.1) is 10.1 Å². The molecule has 0 unspecified atom stereocenters. The molecule has 2 rings (SSSR count). The van der Waals surface area contributed by atoms with E-state index in [0.29, 0.717) is 10.6 Å². The largest absolute Gasteiger partial charge is 0.443 e. The van der Waals surface area contributed by atoms with Gasteiger partial charge < -0.3 is 14.8 Å². The van der Waals surface area contributed by atoms with Crippen molar-refractivity contribution in [2.24, 2.45) is 0 Å².